The number of halogens is 3. The number of carboxylic acid groups (broad SMARTS) is 1. The molecule has 2 amide bonds. The maximum absolute atomic E-state index is 12.3. The Morgan fingerprint density at radius 1 is 1.16 bits per heavy atom. The molecule has 0 aliphatic carbocycles. The van der Waals surface area contributed by atoms with Crippen LogP contribution < -0.4 is 5.32 Å². The van der Waals surface area contributed by atoms with Gasteiger partial charge in [0.05, 0.1) is 0 Å². The summed E-state index contributed by atoms with van der Waals surface area (Å²) in [5, 5.41) is 11.3. The van der Waals surface area contributed by atoms with Gasteiger partial charge in [0.2, 0.25) is 0 Å². The minimum atomic E-state index is -4.52. The first-order chi connectivity index (χ1) is 8.61. The van der Waals surface area contributed by atoms with E-state index in [4.69, 9.17) is 5.11 Å². The number of nitrogens with zero attached hydrogens (tertiary/aromatic N) is 1. The van der Waals surface area contributed by atoms with E-state index in [2.05, 4.69) is 5.32 Å². The molecule has 0 radical (unpaired) electrons. The number of nitrogens with one attached hydrogen (secondary N) is 1. The quantitative estimate of drug-likeness (QED) is 0.785. The molecule has 0 fully saturated rings. The second-order valence-corrected chi connectivity index (χ2v) is 4.15. The first kappa shape index (κ1) is 17.5. The maximum Gasteiger partial charge on any atom is 0.406 e. The number of urea groups is 1. The second kappa shape index (κ2) is 6.63. The van der Waals surface area contributed by atoms with Crippen LogP contribution in [-0.2, 0) is 4.79 Å². The molecular formula is C11H19F3N2O3. The Morgan fingerprint density at radius 3 is 1.89 bits per heavy atom. The van der Waals surface area contributed by atoms with Gasteiger partial charge in [-0.2, -0.15) is 13.2 Å². The molecule has 0 heterocycles. The Kier molecular flexibility index (Phi) is 6.11. The lowest BCUT2D eigenvalue weighted by Crippen LogP contribution is -2.58. The topological polar surface area (TPSA) is 69.6 Å². The summed E-state index contributed by atoms with van der Waals surface area (Å²) in [6, 6.07) is -1.02. The molecule has 0 rings (SSSR count). The molecule has 8 heteroatoms. The third kappa shape index (κ3) is 4.96. The van der Waals surface area contributed by atoms with Crippen LogP contribution in [0, 0.1) is 0 Å². The highest BCUT2D eigenvalue weighted by Gasteiger charge is 2.39. The Balaban J connectivity index is 4.94. The van der Waals surface area contributed by atoms with Gasteiger partial charge in [0.1, 0.15) is 12.1 Å². The van der Waals surface area contributed by atoms with E-state index in [1.165, 1.54) is 6.92 Å². The summed E-state index contributed by atoms with van der Waals surface area (Å²) < 4.78 is 36.8. The highest BCUT2D eigenvalue weighted by Crippen LogP contribution is 2.19. The fourth-order valence-corrected chi connectivity index (χ4v) is 1.61. The number of carbonyl (C=O) groups excluding carboxylic acids is 1. The Bertz CT molecular complexity index is 328. The van der Waals surface area contributed by atoms with Gasteiger partial charge in [0.25, 0.3) is 0 Å². The molecule has 112 valence electrons. The molecule has 0 atom stereocenters. The van der Waals surface area contributed by atoms with Crippen molar-refractivity contribution in [3.63, 3.8) is 0 Å². The zero-order valence-electron chi connectivity index (χ0n) is 11.2. The molecule has 19 heavy (non-hydrogen) atoms. The van der Waals surface area contributed by atoms with Crippen LogP contribution in [0.25, 0.3) is 0 Å². The molecule has 0 saturated carbocycles. The van der Waals surface area contributed by atoms with Crippen molar-refractivity contribution in [3.8, 4) is 0 Å². The number of carboxylic acids is 1. The van der Waals surface area contributed by atoms with Crippen LogP contribution in [0.4, 0.5) is 18.0 Å². The van der Waals surface area contributed by atoms with Crippen molar-refractivity contribution in [3.05, 3.63) is 0 Å². The van der Waals surface area contributed by atoms with Crippen molar-refractivity contribution in [2.75, 3.05) is 13.1 Å². The maximum atomic E-state index is 12.3. The van der Waals surface area contributed by atoms with Gasteiger partial charge in [-0.3, -0.25) is 0 Å². The average Bonchev–Trinajstić information content (AvgIpc) is 2.31. The summed E-state index contributed by atoms with van der Waals surface area (Å²) in [7, 11) is 0. The minimum absolute atomic E-state index is 0.0914. The van der Waals surface area contributed by atoms with Crippen molar-refractivity contribution < 1.29 is 27.9 Å². The lowest BCUT2D eigenvalue weighted by Gasteiger charge is -2.31. The summed E-state index contributed by atoms with van der Waals surface area (Å²) in [6.07, 6.45) is -4.33. The predicted molar refractivity (Wildman–Crippen MR) is 62.8 cm³/mol. The van der Waals surface area contributed by atoms with Crippen LogP contribution in [0.5, 0.6) is 0 Å². The predicted octanol–water partition coefficient (Wildman–Crippen LogP) is 2.22. The molecule has 0 unspecified atom stereocenters. The molecule has 0 saturated heterocycles. The number of alkyl halides is 3. The van der Waals surface area contributed by atoms with Crippen LogP contribution in [0.2, 0.25) is 0 Å². The standard InChI is InChI=1S/C11H19F3N2O3/c1-4-10(5-2,8(17)18)15-9(19)16(6-3)7-11(12,13)14/h4-7H2,1-3H3,(H,15,19)(H,17,18). The van der Waals surface area contributed by atoms with E-state index in [1.807, 2.05) is 0 Å². The summed E-state index contributed by atoms with van der Waals surface area (Å²) >= 11 is 0. The minimum Gasteiger partial charge on any atom is -0.480 e. The third-order valence-corrected chi connectivity index (χ3v) is 3.00. The molecule has 0 aromatic heterocycles. The van der Waals surface area contributed by atoms with E-state index in [0.717, 1.165) is 0 Å². The van der Waals surface area contributed by atoms with Crippen LogP contribution in [-0.4, -0.2) is 46.8 Å². The largest absolute Gasteiger partial charge is 0.480 e. The second-order valence-electron chi connectivity index (χ2n) is 4.15. The normalized spacial score (nSPS) is 12.1. The molecule has 0 spiro atoms. The van der Waals surface area contributed by atoms with Crippen LogP contribution in [0.3, 0.4) is 0 Å². The van der Waals surface area contributed by atoms with E-state index in [0.29, 0.717) is 4.90 Å². The van der Waals surface area contributed by atoms with Gasteiger partial charge in [0, 0.05) is 6.54 Å². The Morgan fingerprint density at radius 2 is 1.63 bits per heavy atom. The van der Waals surface area contributed by atoms with E-state index in [-0.39, 0.29) is 19.4 Å². The SMILES string of the molecule is CCN(CC(F)(F)F)C(=O)NC(CC)(CC)C(=O)O. The van der Waals surface area contributed by atoms with E-state index in [9.17, 15) is 22.8 Å². The van der Waals surface area contributed by atoms with Gasteiger partial charge in [-0.05, 0) is 19.8 Å². The van der Waals surface area contributed by atoms with E-state index < -0.39 is 30.3 Å². The fraction of sp³-hybridized carbons (Fsp3) is 0.818. The summed E-state index contributed by atoms with van der Waals surface area (Å²) in [4.78, 5) is 23.4. The molecule has 2 N–H and O–H groups in total. The fourth-order valence-electron chi connectivity index (χ4n) is 1.61. The molecule has 0 aliphatic heterocycles. The highest BCUT2D eigenvalue weighted by atomic mass is 19.4. The van der Waals surface area contributed by atoms with Crippen molar-refractivity contribution in [2.24, 2.45) is 0 Å². The number of hydrogen-bond donors (Lipinski definition) is 2. The van der Waals surface area contributed by atoms with Crippen molar-refractivity contribution in [1.29, 1.82) is 0 Å². The molecule has 0 bridgehead atoms. The van der Waals surface area contributed by atoms with Gasteiger partial charge < -0.3 is 15.3 Å². The van der Waals surface area contributed by atoms with Crippen LogP contribution >= 0.6 is 0 Å². The zero-order chi connectivity index (χ0) is 15.3. The van der Waals surface area contributed by atoms with Crippen molar-refractivity contribution in [2.45, 2.75) is 45.3 Å². The van der Waals surface area contributed by atoms with Gasteiger partial charge >= 0.3 is 18.2 Å². The lowest BCUT2D eigenvalue weighted by atomic mass is 9.93. The summed E-state index contributed by atoms with van der Waals surface area (Å²) in [5.74, 6) is -1.26. The summed E-state index contributed by atoms with van der Waals surface area (Å²) in [5.41, 5.74) is -1.53. The number of rotatable bonds is 6. The van der Waals surface area contributed by atoms with Crippen LogP contribution in [0.15, 0.2) is 0 Å². The van der Waals surface area contributed by atoms with Crippen LogP contribution in [0.1, 0.15) is 33.6 Å². The number of aliphatic carboxylic acids is 1. The van der Waals surface area contributed by atoms with E-state index >= 15 is 0 Å². The number of hydrogen-bond acceptors (Lipinski definition) is 2. The number of amides is 2. The Labute approximate surface area is 109 Å². The van der Waals surface area contributed by atoms with Crippen molar-refractivity contribution >= 4 is 12.0 Å². The smallest absolute Gasteiger partial charge is 0.406 e. The van der Waals surface area contributed by atoms with Gasteiger partial charge in [-0.25, -0.2) is 9.59 Å². The molecule has 0 aromatic rings. The molecular weight excluding hydrogens is 265 g/mol. The molecule has 0 aliphatic rings. The van der Waals surface area contributed by atoms with Crippen molar-refractivity contribution in [1.82, 2.24) is 10.2 Å². The summed E-state index contributed by atoms with van der Waals surface area (Å²) in [6.45, 7) is 2.94. The third-order valence-electron chi connectivity index (χ3n) is 3.00. The van der Waals surface area contributed by atoms with Gasteiger partial charge in [-0.15, -0.1) is 0 Å². The molecule has 5 nitrogen and oxygen atoms in total. The lowest BCUT2D eigenvalue weighted by molar-refractivity contribution is -0.145. The monoisotopic (exact) mass is 284 g/mol. The highest BCUT2D eigenvalue weighted by molar-refractivity contribution is 5.86. The van der Waals surface area contributed by atoms with Gasteiger partial charge in [0.15, 0.2) is 0 Å². The average molecular weight is 284 g/mol. The van der Waals surface area contributed by atoms with Gasteiger partial charge in [-0.1, -0.05) is 13.8 Å². The number of carbonyl (C=O) groups is 2. The van der Waals surface area contributed by atoms with E-state index in [1.54, 1.807) is 13.8 Å². The Hall–Kier alpha value is -1.47. The first-order valence-electron chi connectivity index (χ1n) is 5.99. The molecule has 0 aromatic carbocycles. The first-order valence-corrected chi connectivity index (χ1v) is 5.99. The zero-order valence-corrected chi connectivity index (χ0v) is 11.2.